The minimum atomic E-state index is -0.292. The third-order valence-corrected chi connectivity index (χ3v) is 2.74. The number of ether oxygens (including phenoxy) is 2. The van der Waals surface area contributed by atoms with Crippen LogP contribution in [0.3, 0.4) is 0 Å². The van der Waals surface area contributed by atoms with E-state index in [0.717, 1.165) is 0 Å². The van der Waals surface area contributed by atoms with Crippen molar-refractivity contribution in [2.75, 3.05) is 20.3 Å². The van der Waals surface area contributed by atoms with E-state index in [0.29, 0.717) is 30.7 Å². The van der Waals surface area contributed by atoms with Crippen LogP contribution in [-0.2, 0) is 14.3 Å². The van der Waals surface area contributed by atoms with Gasteiger partial charge in [-0.1, -0.05) is 0 Å². The summed E-state index contributed by atoms with van der Waals surface area (Å²) in [5.41, 5.74) is 0.659. The summed E-state index contributed by atoms with van der Waals surface area (Å²) in [6, 6.07) is 0.623. The van der Waals surface area contributed by atoms with Crippen molar-refractivity contribution in [2.24, 2.45) is 0 Å². The minimum Gasteiger partial charge on any atom is -0.466 e. The topological polar surface area (TPSA) is 77.7 Å². The first-order valence-electron chi connectivity index (χ1n) is 5.03. The van der Waals surface area contributed by atoms with Gasteiger partial charge in [-0.05, 0) is 12.5 Å². The van der Waals surface area contributed by atoms with E-state index in [4.69, 9.17) is 9.84 Å². The van der Waals surface area contributed by atoms with Crippen LogP contribution in [0, 0.1) is 44.1 Å². The van der Waals surface area contributed by atoms with E-state index in [2.05, 4.69) is 10.1 Å². The maximum Gasteiger partial charge on any atom is 0.333 e. The number of aliphatic hydroxyl groups is 1. The predicted molar refractivity (Wildman–Crippen MR) is 52.3 cm³/mol. The molecule has 6 heteroatoms. The number of nitrogens with one attached hydrogen (secondary N) is 1. The third-order valence-electron chi connectivity index (χ3n) is 2.74. The van der Waals surface area contributed by atoms with Gasteiger partial charge in [-0.2, -0.15) is 0 Å². The second kappa shape index (κ2) is 6.46. The Morgan fingerprint density at radius 3 is 3.06 bits per heavy atom. The summed E-state index contributed by atoms with van der Waals surface area (Å²) in [6.45, 7) is 0.288. The van der Waals surface area contributed by atoms with Crippen LogP contribution in [0.4, 0.5) is 0 Å². The Morgan fingerprint density at radius 2 is 2.44 bits per heavy atom. The molecule has 5 nitrogen and oxygen atoms in total. The summed E-state index contributed by atoms with van der Waals surface area (Å²) < 4.78 is 10.1. The third kappa shape index (κ3) is 3.27. The molecule has 2 N–H and O–H groups in total. The predicted octanol–water partition coefficient (Wildman–Crippen LogP) is -0.793. The fourth-order valence-electron chi connectivity index (χ4n) is 1.93. The van der Waals surface area contributed by atoms with E-state index in [-0.39, 0.29) is 62.7 Å². The Morgan fingerprint density at radius 1 is 1.69 bits per heavy atom. The number of carbonyl (C=O) groups is 1. The van der Waals surface area contributed by atoms with Gasteiger partial charge in [0.2, 0.25) is 0 Å². The van der Waals surface area contributed by atoms with Crippen molar-refractivity contribution in [2.45, 2.75) is 24.6 Å². The van der Waals surface area contributed by atoms with Crippen molar-refractivity contribution in [3.63, 3.8) is 0 Å². The molecule has 0 spiro atoms. The van der Waals surface area contributed by atoms with Gasteiger partial charge in [-0.15, -0.1) is 0 Å². The van der Waals surface area contributed by atoms with Gasteiger partial charge in [0.15, 0.2) is 0 Å². The molecule has 0 aromatic carbocycles. The smallest absolute Gasteiger partial charge is 0.333 e. The van der Waals surface area contributed by atoms with Crippen LogP contribution in [-0.4, -0.2) is 49.6 Å². The standard InChI is InChI=1S/C10H15NO4.Ac/c1-14-10(13)6-4-7-9(11-7)8(5-6)15-3-2-12;/h5,7-9,11-12H,2-4H2,1H3;. The number of hydrogen-bond donors (Lipinski definition) is 2. The molecule has 0 bridgehead atoms. The molecular formula is C10H15AcNO4. The summed E-state index contributed by atoms with van der Waals surface area (Å²) in [4.78, 5) is 11.3. The maximum absolute atomic E-state index is 11.3. The molecule has 1 aliphatic heterocycles. The molecule has 0 saturated carbocycles. The van der Waals surface area contributed by atoms with Crippen molar-refractivity contribution in [3.8, 4) is 0 Å². The summed E-state index contributed by atoms with van der Waals surface area (Å²) >= 11 is 0. The van der Waals surface area contributed by atoms with E-state index >= 15 is 0 Å². The van der Waals surface area contributed by atoms with Crippen LogP contribution in [0.5, 0.6) is 0 Å². The number of hydrogen-bond acceptors (Lipinski definition) is 5. The molecule has 1 radical (unpaired) electrons. The average molecular weight is 440 g/mol. The van der Waals surface area contributed by atoms with E-state index in [9.17, 15) is 4.79 Å². The second-order valence-corrected chi connectivity index (χ2v) is 3.75. The minimum absolute atomic E-state index is 0. The number of esters is 1. The van der Waals surface area contributed by atoms with Crippen LogP contribution in [0.15, 0.2) is 11.6 Å². The molecule has 2 aliphatic rings. The van der Waals surface area contributed by atoms with Crippen LogP contribution in [0.25, 0.3) is 0 Å². The van der Waals surface area contributed by atoms with Gasteiger partial charge in [-0.25, -0.2) is 4.79 Å². The van der Waals surface area contributed by atoms with Crippen LogP contribution in [0.1, 0.15) is 6.42 Å². The van der Waals surface area contributed by atoms with Gasteiger partial charge in [0, 0.05) is 55.7 Å². The second-order valence-electron chi connectivity index (χ2n) is 3.75. The Kier molecular flexibility index (Phi) is 5.89. The molecule has 0 aromatic rings. The number of aliphatic hydroxyl groups excluding tert-OH is 1. The zero-order chi connectivity index (χ0) is 10.8. The molecule has 1 heterocycles. The van der Waals surface area contributed by atoms with E-state index in [1.807, 2.05) is 0 Å². The molecule has 1 fully saturated rings. The normalized spacial score (nSPS) is 30.9. The molecule has 3 atom stereocenters. The van der Waals surface area contributed by atoms with Crippen molar-refractivity contribution in [1.82, 2.24) is 5.32 Å². The van der Waals surface area contributed by atoms with E-state index in [1.165, 1.54) is 7.11 Å². The van der Waals surface area contributed by atoms with Gasteiger partial charge >= 0.3 is 5.97 Å². The van der Waals surface area contributed by atoms with Gasteiger partial charge < -0.3 is 19.9 Å². The summed E-state index contributed by atoms with van der Waals surface area (Å²) in [5.74, 6) is -0.292. The summed E-state index contributed by atoms with van der Waals surface area (Å²) in [7, 11) is 1.37. The summed E-state index contributed by atoms with van der Waals surface area (Å²) in [6.07, 6.45) is 2.38. The van der Waals surface area contributed by atoms with Crippen molar-refractivity contribution in [1.29, 1.82) is 0 Å². The fraction of sp³-hybridized carbons (Fsp3) is 0.700. The van der Waals surface area contributed by atoms with Gasteiger partial charge in [-0.3, -0.25) is 0 Å². The Labute approximate surface area is 130 Å². The number of carbonyl (C=O) groups excluding carboxylic acids is 1. The van der Waals surface area contributed by atoms with Gasteiger partial charge in [0.25, 0.3) is 0 Å². The average Bonchev–Trinajstić information content (AvgIpc) is 3.03. The van der Waals surface area contributed by atoms with Crippen molar-refractivity contribution < 1.29 is 63.4 Å². The monoisotopic (exact) mass is 440 g/mol. The molecule has 2 rings (SSSR count). The molecular weight excluding hydrogens is 425 g/mol. The van der Waals surface area contributed by atoms with Crippen LogP contribution in [0.2, 0.25) is 0 Å². The first kappa shape index (κ1) is 14.6. The molecule has 87 valence electrons. The quantitative estimate of drug-likeness (QED) is 0.443. The molecule has 16 heavy (non-hydrogen) atoms. The SMILES string of the molecule is COC(=O)C1=CC(OCCO)C2NC2C1.[Ac]. The Balaban J connectivity index is 0.00000128. The molecule has 0 aromatic heterocycles. The first-order chi connectivity index (χ1) is 7.26. The fourth-order valence-corrected chi connectivity index (χ4v) is 1.93. The Bertz CT molecular complexity index is 295. The summed E-state index contributed by atoms with van der Waals surface area (Å²) in [5, 5.41) is 11.9. The van der Waals surface area contributed by atoms with E-state index in [1.54, 1.807) is 6.08 Å². The van der Waals surface area contributed by atoms with Crippen LogP contribution >= 0.6 is 0 Å². The number of methoxy groups -OCH3 is 1. The zero-order valence-corrected chi connectivity index (χ0v) is 13.9. The van der Waals surface area contributed by atoms with Crippen LogP contribution < -0.4 is 5.32 Å². The molecule has 1 saturated heterocycles. The number of rotatable bonds is 4. The molecule has 1 aliphatic carbocycles. The van der Waals surface area contributed by atoms with Gasteiger partial charge in [0.05, 0.1) is 32.5 Å². The zero-order valence-electron chi connectivity index (χ0n) is 9.18. The van der Waals surface area contributed by atoms with Gasteiger partial charge in [0.1, 0.15) is 0 Å². The largest absolute Gasteiger partial charge is 0.466 e. The van der Waals surface area contributed by atoms with Crippen molar-refractivity contribution >= 4 is 5.97 Å². The Hall–Kier alpha value is 0.532. The molecule has 0 amide bonds. The first-order valence-corrected chi connectivity index (χ1v) is 5.03. The van der Waals surface area contributed by atoms with E-state index < -0.39 is 0 Å². The number of fused-ring (bicyclic) bond motifs is 1. The maximum atomic E-state index is 11.3. The molecule has 3 unspecified atom stereocenters. The van der Waals surface area contributed by atoms with Crippen molar-refractivity contribution in [3.05, 3.63) is 11.6 Å².